The Morgan fingerprint density at radius 3 is 2.11 bits per heavy atom. The van der Waals surface area contributed by atoms with Crippen LogP contribution in [0.2, 0.25) is 0 Å². The van der Waals surface area contributed by atoms with Crippen LogP contribution in [0.15, 0.2) is 124 Å². The van der Waals surface area contributed by atoms with Crippen molar-refractivity contribution in [2.75, 3.05) is 0 Å². The molecule has 0 unspecified atom stereocenters. The van der Waals surface area contributed by atoms with E-state index in [1.54, 1.807) is 0 Å². The average Bonchev–Trinajstić information content (AvgIpc) is 3.51. The molecule has 0 saturated heterocycles. The summed E-state index contributed by atoms with van der Waals surface area (Å²) in [5.41, 5.74) is 8.98. The highest BCUT2D eigenvalue weighted by atomic mass is 16.3. The number of hydrogen-bond donors (Lipinski definition) is 0. The van der Waals surface area contributed by atoms with E-state index < -0.39 is 0 Å². The summed E-state index contributed by atoms with van der Waals surface area (Å²) < 4.78 is 12.3. The monoisotopic (exact) mass is 461 g/mol. The largest absolute Gasteiger partial charge is 0.455 e. The third-order valence-electron chi connectivity index (χ3n) is 7.12. The van der Waals surface area contributed by atoms with Crippen LogP contribution >= 0.6 is 0 Å². The molecule has 0 aliphatic rings. The van der Waals surface area contributed by atoms with Gasteiger partial charge in [-0.3, -0.25) is 4.98 Å². The minimum atomic E-state index is 0.817. The Morgan fingerprint density at radius 1 is 0.472 bits per heavy atom. The molecule has 0 aliphatic heterocycles. The quantitative estimate of drug-likeness (QED) is 0.257. The standard InChI is InChI=1S/C33H19NO2/c1-3-13-29-24(9-1)25-12-6-11-23(33(25)36-29)22-8-5-7-20(17-22)21-15-16-26-28(18-21)34-19-31-32(26)27-10-2-4-14-30(27)35-31/h1-19H. The van der Waals surface area contributed by atoms with Gasteiger partial charge in [-0.1, -0.05) is 84.9 Å². The molecule has 168 valence electrons. The summed E-state index contributed by atoms with van der Waals surface area (Å²) in [5, 5.41) is 5.62. The normalized spacial score (nSPS) is 11.9. The summed E-state index contributed by atoms with van der Waals surface area (Å²) in [4.78, 5) is 4.73. The minimum absolute atomic E-state index is 0.817. The van der Waals surface area contributed by atoms with Crippen molar-refractivity contribution in [2.45, 2.75) is 0 Å². The van der Waals surface area contributed by atoms with Crippen LogP contribution in [0.3, 0.4) is 0 Å². The van der Waals surface area contributed by atoms with E-state index in [0.29, 0.717) is 0 Å². The number of pyridine rings is 1. The fourth-order valence-corrected chi connectivity index (χ4v) is 5.43. The van der Waals surface area contributed by atoms with E-state index in [1.807, 2.05) is 36.5 Å². The molecule has 8 rings (SSSR count). The van der Waals surface area contributed by atoms with Crippen molar-refractivity contribution in [2.24, 2.45) is 0 Å². The maximum atomic E-state index is 6.29. The molecule has 0 amide bonds. The molecule has 0 fully saturated rings. The highest BCUT2D eigenvalue weighted by Crippen LogP contribution is 2.38. The molecule has 5 aromatic carbocycles. The molecule has 0 spiro atoms. The molecule has 0 saturated carbocycles. The van der Waals surface area contributed by atoms with Gasteiger partial charge in [-0.2, -0.15) is 0 Å². The maximum Gasteiger partial charge on any atom is 0.154 e. The first-order chi connectivity index (χ1) is 17.8. The zero-order chi connectivity index (χ0) is 23.6. The zero-order valence-electron chi connectivity index (χ0n) is 19.2. The van der Waals surface area contributed by atoms with Gasteiger partial charge in [0.25, 0.3) is 0 Å². The topological polar surface area (TPSA) is 39.2 Å². The number of fused-ring (bicyclic) bond motifs is 8. The smallest absolute Gasteiger partial charge is 0.154 e. The first-order valence-corrected chi connectivity index (χ1v) is 12.0. The number of furan rings is 2. The highest BCUT2D eigenvalue weighted by molar-refractivity contribution is 6.18. The average molecular weight is 462 g/mol. The van der Waals surface area contributed by atoms with Gasteiger partial charge in [-0.05, 0) is 41.0 Å². The number of para-hydroxylation sites is 3. The lowest BCUT2D eigenvalue weighted by molar-refractivity contribution is 0.667. The van der Waals surface area contributed by atoms with Crippen LogP contribution in [-0.4, -0.2) is 4.98 Å². The summed E-state index contributed by atoms with van der Waals surface area (Å²) in [5.74, 6) is 0. The summed E-state index contributed by atoms with van der Waals surface area (Å²) in [6, 6.07) is 37.9. The number of benzene rings is 5. The van der Waals surface area contributed by atoms with Gasteiger partial charge in [-0.25, -0.2) is 0 Å². The lowest BCUT2D eigenvalue weighted by Crippen LogP contribution is -1.85. The Hall–Kier alpha value is -4.89. The Balaban J connectivity index is 1.29. The number of rotatable bonds is 2. The number of hydrogen-bond acceptors (Lipinski definition) is 3. The zero-order valence-corrected chi connectivity index (χ0v) is 19.2. The third-order valence-corrected chi connectivity index (χ3v) is 7.12. The van der Waals surface area contributed by atoms with Gasteiger partial charge in [0.05, 0.1) is 11.7 Å². The van der Waals surface area contributed by atoms with E-state index in [2.05, 4.69) is 78.9 Å². The second kappa shape index (κ2) is 7.30. The van der Waals surface area contributed by atoms with Crippen molar-refractivity contribution >= 4 is 54.8 Å². The van der Waals surface area contributed by atoms with E-state index in [9.17, 15) is 0 Å². The molecule has 3 aromatic heterocycles. The molecule has 0 N–H and O–H groups in total. The van der Waals surface area contributed by atoms with Gasteiger partial charge in [0, 0.05) is 32.5 Å². The fourth-order valence-electron chi connectivity index (χ4n) is 5.43. The molecule has 3 nitrogen and oxygen atoms in total. The van der Waals surface area contributed by atoms with Crippen molar-refractivity contribution < 1.29 is 8.83 Å². The van der Waals surface area contributed by atoms with Gasteiger partial charge in [0.1, 0.15) is 16.7 Å². The summed E-state index contributed by atoms with van der Waals surface area (Å²) in [7, 11) is 0. The summed E-state index contributed by atoms with van der Waals surface area (Å²) in [6.45, 7) is 0. The Morgan fingerprint density at radius 2 is 1.19 bits per heavy atom. The van der Waals surface area contributed by atoms with Crippen molar-refractivity contribution in [1.29, 1.82) is 0 Å². The molecular formula is C33H19NO2. The van der Waals surface area contributed by atoms with E-state index in [0.717, 1.165) is 77.0 Å². The first kappa shape index (κ1) is 19.4. The van der Waals surface area contributed by atoms with Crippen LogP contribution in [0, 0.1) is 0 Å². The van der Waals surface area contributed by atoms with E-state index in [-0.39, 0.29) is 0 Å². The second-order valence-corrected chi connectivity index (χ2v) is 9.19. The first-order valence-electron chi connectivity index (χ1n) is 12.0. The van der Waals surface area contributed by atoms with Gasteiger partial charge in [-0.15, -0.1) is 0 Å². The maximum absolute atomic E-state index is 6.29. The van der Waals surface area contributed by atoms with Crippen LogP contribution in [-0.2, 0) is 0 Å². The van der Waals surface area contributed by atoms with Crippen molar-refractivity contribution in [3.8, 4) is 22.3 Å². The molecule has 3 heteroatoms. The molecule has 8 aromatic rings. The molecule has 36 heavy (non-hydrogen) atoms. The predicted molar refractivity (Wildman–Crippen MR) is 147 cm³/mol. The Bertz CT molecular complexity index is 2110. The number of aromatic nitrogens is 1. The third kappa shape index (κ3) is 2.77. The second-order valence-electron chi connectivity index (χ2n) is 9.19. The van der Waals surface area contributed by atoms with Crippen LogP contribution in [0.1, 0.15) is 0 Å². The van der Waals surface area contributed by atoms with Gasteiger partial charge < -0.3 is 8.83 Å². The van der Waals surface area contributed by atoms with Gasteiger partial charge >= 0.3 is 0 Å². The van der Waals surface area contributed by atoms with E-state index >= 15 is 0 Å². The van der Waals surface area contributed by atoms with Crippen LogP contribution in [0.4, 0.5) is 0 Å². The van der Waals surface area contributed by atoms with Crippen LogP contribution in [0.25, 0.3) is 77.0 Å². The van der Waals surface area contributed by atoms with Gasteiger partial charge in [0.15, 0.2) is 5.58 Å². The van der Waals surface area contributed by atoms with E-state index in [1.165, 1.54) is 0 Å². The molecule has 0 bridgehead atoms. The van der Waals surface area contributed by atoms with Crippen molar-refractivity contribution in [3.05, 3.63) is 115 Å². The Labute approximate surface area is 206 Å². The molecular weight excluding hydrogens is 442 g/mol. The lowest BCUT2D eigenvalue weighted by atomic mass is 9.96. The number of nitrogens with zero attached hydrogens (tertiary/aromatic N) is 1. The van der Waals surface area contributed by atoms with Crippen molar-refractivity contribution in [3.63, 3.8) is 0 Å². The van der Waals surface area contributed by atoms with Crippen LogP contribution in [0.5, 0.6) is 0 Å². The Kier molecular flexibility index (Phi) is 3.94. The van der Waals surface area contributed by atoms with Crippen LogP contribution < -0.4 is 0 Å². The molecule has 0 aliphatic carbocycles. The van der Waals surface area contributed by atoms with E-state index in [4.69, 9.17) is 13.8 Å². The summed E-state index contributed by atoms with van der Waals surface area (Å²) >= 11 is 0. The fraction of sp³-hybridized carbons (Fsp3) is 0. The minimum Gasteiger partial charge on any atom is -0.455 e. The SMILES string of the molecule is c1cc(-c2ccc3c(c2)ncc2oc4ccccc4c23)cc(-c2cccc3c2oc2ccccc23)c1. The summed E-state index contributed by atoms with van der Waals surface area (Å²) in [6.07, 6.45) is 1.83. The molecule has 0 atom stereocenters. The molecule has 3 heterocycles. The molecule has 0 radical (unpaired) electrons. The predicted octanol–water partition coefficient (Wildman–Crippen LogP) is 9.37. The highest BCUT2D eigenvalue weighted by Gasteiger charge is 2.14. The lowest BCUT2D eigenvalue weighted by Gasteiger charge is -2.08. The van der Waals surface area contributed by atoms with Gasteiger partial charge in [0.2, 0.25) is 0 Å². The van der Waals surface area contributed by atoms with Crippen molar-refractivity contribution in [1.82, 2.24) is 4.98 Å².